The van der Waals surface area contributed by atoms with Crippen LogP contribution in [0, 0.1) is 0 Å². The Morgan fingerprint density at radius 2 is 1.89 bits per heavy atom. The molecule has 1 aromatic carbocycles. The summed E-state index contributed by atoms with van der Waals surface area (Å²) in [5, 5.41) is 13.6. The van der Waals surface area contributed by atoms with Crippen LogP contribution in [-0.2, 0) is 6.54 Å². The van der Waals surface area contributed by atoms with Gasteiger partial charge in [0.2, 0.25) is 0 Å². The summed E-state index contributed by atoms with van der Waals surface area (Å²) >= 11 is 0. The van der Waals surface area contributed by atoms with Gasteiger partial charge in [0.1, 0.15) is 0 Å². The molecule has 0 aliphatic heterocycles. The molecule has 3 heteroatoms. The van der Waals surface area contributed by atoms with Crippen LogP contribution in [0.2, 0.25) is 0 Å². The third kappa shape index (κ3) is 6.15. The van der Waals surface area contributed by atoms with Gasteiger partial charge in [-0.2, -0.15) is 0 Å². The van der Waals surface area contributed by atoms with Gasteiger partial charge in [-0.15, -0.1) is 0 Å². The third-order valence-corrected chi connectivity index (χ3v) is 2.80. The topological polar surface area (TPSA) is 35.5 Å². The quantitative estimate of drug-likeness (QED) is 0.775. The molecule has 1 unspecified atom stereocenters. The lowest BCUT2D eigenvalue weighted by Crippen LogP contribution is -2.47. The summed E-state index contributed by atoms with van der Waals surface area (Å²) in [6.45, 7) is 8.18. The largest absolute Gasteiger partial charge is 0.388 e. The summed E-state index contributed by atoms with van der Waals surface area (Å²) in [5.41, 5.74) is 0.570. The Morgan fingerprint density at radius 3 is 2.44 bits per heavy atom. The van der Waals surface area contributed by atoms with Gasteiger partial charge in [0, 0.05) is 25.7 Å². The second kappa shape index (κ2) is 6.88. The molecule has 1 rings (SSSR count). The summed E-state index contributed by atoms with van der Waals surface area (Å²) in [5.74, 6) is 0. The van der Waals surface area contributed by atoms with E-state index in [0.29, 0.717) is 19.1 Å². The number of hydrogen-bond acceptors (Lipinski definition) is 3. The number of hydrogen-bond donors (Lipinski definition) is 2. The molecule has 102 valence electrons. The zero-order valence-electron chi connectivity index (χ0n) is 12.0. The molecular weight excluding hydrogens is 224 g/mol. The molecule has 3 nitrogen and oxygen atoms in total. The Morgan fingerprint density at radius 1 is 1.28 bits per heavy atom. The van der Waals surface area contributed by atoms with Crippen molar-refractivity contribution in [3.8, 4) is 0 Å². The van der Waals surface area contributed by atoms with Gasteiger partial charge >= 0.3 is 0 Å². The molecular formula is C15H26N2O. The Bertz CT molecular complexity index is 336. The molecule has 0 heterocycles. The Hall–Kier alpha value is -0.900. The summed E-state index contributed by atoms with van der Waals surface area (Å²) in [7, 11) is 2.04. The number of likely N-dealkylation sites (N-methyl/N-ethyl adjacent to an activating group) is 1. The van der Waals surface area contributed by atoms with Crippen LogP contribution in [0.1, 0.15) is 26.3 Å². The molecule has 0 fully saturated rings. The van der Waals surface area contributed by atoms with Crippen LogP contribution in [0.3, 0.4) is 0 Å². The maximum atomic E-state index is 10.3. The number of nitrogens with zero attached hydrogens (tertiary/aromatic N) is 1. The molecule has 0 aliphatic rings. The molecule has 0 saturated heterocycles. The molecule has 1 atom stereocenters. The monoisotopic (exact) mass is 250 g/mol. The highest BCUT2D eigenvalue weighted by molar-refractivity contribution is 5.14. The van der Waals surface area contributed by atoms with E-state index in [9.17, 15) is 5.11 Å². The van der Waals surface area contributed by atoms with E-state index < -0.39 is 5.60 Å². The normalized spacial score (nSPS) is 15.1. The van der Waals surface area contributed by atoms with Crippen molar-refractivity contribution >= 4 is 0 Å². The van der Waals surface area contributed by atoms with Crippen molar-refractivity contribution in [1.82, 2.24) is 10.2 Å². The van der Waals surface area contributed by atoms with Crippen LogP contribution < -0.4 is 5.32 Å². The Labute approximate surface area is 111 Å². The predicted molar refractivity (Wildman–Crippen MR) is 76.5 cm³/mol. The summed E-state index contributed by atoms with van der Waals surface area (Å²) in [6, 6.07) is 10.7. The van der Waals surface area contributed by atoms with Gasteiger partial charge in [-0.25, -0.2) is 0 Å². The predicted octanol–water partition coefficient (Wildman–Crippen LogP) is 1.87. The highest BCUT2D eigenvalue weighted by Gasteiger charge is 2.22. The average molecular weight is 250 g/mol. The van der Waals surface area contributed by atoms with Gasteiger partial charge < -0.3 is 10.4 Å². The highest BCUT2D eigenvalue weighted by atomic mass is 16.3. The van der Waals surface area contributed by atoms with Crippen LogP contribution >= 0.6 is 0 Å². The van der Waals surface area contributed by atoms with Gasteiger partial charge in [0.15, 0.2) is 0 Å². The van der Waals surface area contributed by atoms with Crippen LogP contribution in [0.5, 0.6) is 0 Å². The number of aliphatic hydroxyl groups is 1. The average Bonchev–Trinajstić information content (AvgIpc) is 2.27. The number of benzene rings is 1. The van der Waals surface area contributed by atoms with E-state index >= 15 is 0 Å². The van der Waals surface area contributed by atoms with Crippen molar-refractivity contribution in [3.05, 3.63) is 35.9 Å². The first-order chi connectivity index (χ1) is 8.39. The van der Waals surface area contributed by atoms with Crippen LogP contribution in [0.15, 0.2) is 30.3 Å². The second-order valence-electron chi connectivity index (χ2n) is 5.69. The number of rotatable bonds is 7. The van der Waals surface area contributed by atoms with Crippen molar-refractivity contribution in [2.45, 2.75) is 39.0 Å². The van der Waals surface area contributed by atoms with Crippen LogP contribution in [-0.4, -0.2) is 41.8 Å². The smallest absolute Gasteiger partial charge is 0.0869 e. The van der Waals surface area contributed by atoms with Crippen molar-refractivity contribution in [1.29, 1.82) is 0 Å². The minimum atomic E-state index is -0.701. The van der Waals surface area contributed by atoms with E-state index in [0.717, 1.165) is 6.54 Å². The maximum Gasteiger partial charge on any atom is 0.0869 e. The summed E-state index contributed by atoms with van der Waals surface area (Å²) < 4.78 is 0. The fourth-order valence-electron chi connectivity index (χ4n) is 2.01. The van der Waals surface area contributed by atoms with Gasteiger partial charge in [-0.3, -0.25) is 4.90 Å². The maximum absolute atomic E-state index is 10.3. The van der Waals surface area contributed by atoms with Crippen molar-refractivity contribution < 1.29 is 5.11 Å². The zero-order chi connectivity index (χ0) is 13.6. The van der Waals surface area contributed by atoms with E-state index in [-0.39, 0.29) is 0 Å². The molecule has 0 bridgehead atoms. The lowest BCUT2D eigenvalue weighted by atomic mass is 10.1. The standard InChI is InChI=1S/C15H26N2O/c1-13(2)16-11-15(3,18)12-17(4)10-14-8-6-5-7-9-14/h5-9,13,16,18H,10-12H2,1-4H3. The van der Waals surface area contributed by atoms with Crippen LogP contribution in [0.25, 0.3) is 0 Å². The molecule has 18 heavy (non-hydrogen) atoms. The molecule has 0 saturated carbocycles. The van der Waals surface area contributed by atoms with E-state index in [2.05, 4.69) is 36.2 Å². The number of nitrogens with one attached hydrogen (secondary N) is 1. The van der Waals surface area contributed by atoms with Gasteiger partial charge in [-0.05, 0) is 19.5 Å². The summed E-state index contributed by atoms with van der Waals surface area (Å²) in [6.07, 6.45) is 0. The zero-order valence-corrected chi connectivity index (χ0v) is 12.0. The van der Waals surface area contributed by atoms with E-state index in [1.54, 1.807) is 0 Å². The van der Waals surface area contributed by atoms with E-state index in [1.807, 2.05) is 32.2 Å². The summed E-state index contributed by atoms with van der Waals surface area (Å²) in [4.78, 5) is 2.15. The van der Waals surface area contributed by atoms with Gasteiger partial charge in [0.05, 0.1) is 5.60 Å². The minimum Gasteiger partial charge on any atom is -0.388 e. The Kier molecular flexibility index (Phi) is 5.79. The minimum absolute atomic E-state index is 0.399. The fourth-order valence-corrected chi connectivity index (χ4v) is 2.01. The lowest BCUT2D eigenvalue weighted by molar-refractivity contribution is 0.0240. The van der Waals surface area contributed by atoms with Gasteiger partial charge in [-0.1, -0.05) is 44.2 Å². The van der Waals surface area contributed by atoms with Crippen molar-refractivity contribution in [2.75, 3.05) is 20.1 Å². The third-order valence-electron chi connectivity index (χ3n) is 2.80. The van der Waals surface area contributed by atoms with E-state index in [4.69, 9.17) is 0 Å². The molecule has 0 spiro atoms. The lowest BCUT2D eigenvalue weighted by Gasteiger charge is -2.30. The highest BCUT2D eigenvalue weighted by Crippen LogP contribution is 2.08. The van der Waals surface area contributed by atoms with Crippen LogP contribution in [0.4, 0.5) is 0 Å². The molecule has 2 N–H and O–H groups in total. The molecule has 0 amide bonds. The first-order valence-corrected chi connectivity index (χ1v) is 6.57. The first-order valence-electron chi connectivity index (χ1n) is 6.57. The molecule has 0 aromatic heterocycles. The van der Waals surface area contributed by atoms with Gasteiger partial charge in [0.25, 0.3) is 0 Å². The molecule has 0 aliphatic carbocycles. The fraction of sp³-hybridized carbons (Fsp3) is 0.600. The SMILES string of the molecule is CC(C)NCC(C)(O)CN(C)Cc1ccccc1. The van der Waals surface area contributed by atoms with E-state index in [1.165, 1.54) is 5.56 Å². The molecule has 1 aromatic rings. The second-order valence-corrected chi connectivity index (χ2v) is 5.69. The first kappa shape index (κ1) is 15.2. The Balaban J connectivity index is 2.41. The van der Waals surface area contributed by atoms with Crippen molar-refractivity contribution in [2.24, 2.45) is 0 Å². The molecule has 0 radical (unpaired) electrons. The van der Waals surface area contributed by atoms with Crippen molar-refractivity contribution in [3.63, 3.8) is 0 Å².